The summed E-state index contributed by atoms with van der Waals surface area (Å²) in [4.78, 5) is 43.8. The number of hydrogen-bond donors (Lipinski definition) is 2. The van der Waals surface area contributed by atoms with Crippen LogP contribution in [0.2, 0.25) is 0 Å². The van der Waals surface area contributed by atoms with Gasteiger partial charge in [-0.05, 0) is 66.9 Å². The molecule has 0 fully saturated rings. The maximum absolute atomic E-state index is 13.2. The van der Waals surface area contributed by atoms with Crippen LogP contribution in [0.15, 0.2) is 60.8 Å². The van der Waals surface area contributed by atoms with E-state index in [0.717, 1.165) is 16.7 Å². The van der Waals surface area contributed by atoms with Crippen LogP contribution in [0.5, 0.6) is 11.5 Å². The Kier molecular flexibility index (Phi) is 7.79. The molecule has 0 spiro atoms. The molecule has 0 aliphatic carbocycles. The Morgan fingerprint density at radius 3 is 2.53 bits per heavy atom. The standard InChI is InChI=1S/C27H28N4O5/c1-18-6-8-21(13-19(18)2)31(27(34)11-10-25(32)30-24-5-3-4-12-28-24)16-26(33)29-15-20-7-9-22-23(14-20)36-17-35-22/h3-9,12-14H,10-11,15-17H2,1-2H3,(H,29,33)(H,28,30,32). The third-order valence-corrected chi connectivity index (χ3v) is 5.83. The highest BCUT2D eigenvalue weighted by molar-refractivity contribution is 6.01. The second kappa shape index (κ2) is 11.4. The van der Waals surface area contributed by atoms with Crippen molar-refractivity contribution < 1.29 is 23.9 Å². The van der Waals surface area contributed by atoms with Crippen molar-refractivity contribution in [2.24, 2.45) is 0 Å². The number of hydrogen-bond acceptors (Lipinski definition) is 6. The summed E-state index contributed by atoms with van der Waals surface area (Å²) >= 11 is 0. The average Bonchev–Trinajstić information content (AvgIpc) is 3.35. The summed E-state index contributed by atoms with van der Waals surface area (Å²) in [6, 6.07) is 16.2. The van der Waals surface area contributed by atoms with Crippen molar-refractivity contribution in [3.05, 3.63) is 77.5 Å². The van der Waals surface area contributed by atoms with Crippen LogP contribution in [0.25, 0.3) is 0 Å². The lowest BCUT2D eigenvalue weighted by atomic mass is 10.1. The first-order chi connectivity index (χ1) is 17.4. The van der Waals surface area contributed by atoms with Gasteiger partial charge < -0.3 is 25.0 Å². The predicted octanol–water partition coefficient (Wildman–Crippen LogP) is 3.50. The van der Waals surface area contributed by atoms with E-state index in [1.165, 1.54) is 4.90 Å². The molecule has 1 aliphatic rings. The average molecular weight is 489 g/mol. The zero-order valence-electron chi connectivity index (χ0n) is 20.2. The Hall–Kier alpha value is -4.40. The van der Waals surface area contributed by atoms with Crippen LogP contribution in [0.1, 0.15) is 29.5 Å². The monoisotopic (exact) mass is 488 g/mol. The first-order valence-corrected chi connectivity index (χ1v) is 11.6. The van der Waals surface area contributed by atoms with Crippen LogP contribution in [-0.2, 0) is 20.9 Å². The van der Waals surface area contributed by atoms with E-state index in [4.69, 9.17) is 9.47 Å². The number of rotatable bonds is 9. The van der Waals surface area contributed by atoms with Gasteiger partial charge in [0.1, 0.15) is 12.4 Å². The van der Waals surface area contributed by atoms with E-state index < -0.39 is 0 Å². The van der Waals surface area contributed by atoms with Gasteiger partial charge in [-0.15, -0.1) is 0 Å². The lowest BCUT2D eigenvalue weighted by Crippen LogP contribution is -2.41. The summed E-state index contributed by atoms with van der Waals surface area (Å²) in [5.74, 6) is 0.754. The number of aryl methyl sites for hydroxylation is 2. The maximum atomic E-state index is 13.2. The highest BCUT2D eigenvalue weighted by Gasteiger charge is 2.21. The molecule has 0 saturated carbocycles. The second-order valence-electron chi connectivity index (χ2n) is 8.48. The SMILES string of the molecule is Cc1ccc(N(CC(=O)NCc2ccc3c(c2)OCO3)C(=O)CCC(=O)Nc2ccccn2)cc1C. The first kappa shape index (κ1) is 24.7. The minimum absolute atomic E-state index is 0.0322. The van der Waals surface area contributed by atoms with Gasteiger partial charge in [-0.25, -0.2) is 4.98 Å². The molecule has 3 aromatic rings. The van der Waals surface area contributed by atoms with Crippen LogP contribution in [0.4, 0.5) is 11.5 Å². The molecule has 0 atom stereocenters. The maximum Gasteiger partial charge on any atom is 0.240 e. The van der Waals surface area contributed by atoms with Crippen molar-refractivity contribution in [2.75, 3.05) is 23.6 Å². The molecule has 9 heteroatoms. The molecular formula is C27H28N4O5. The molecule has 4 rings (SSSR count). The number of anilines is 2. The number of nitrogens with one attached hydrogen (secondary N) is 2. The van der Waals surface area contributed by atoms with E-state index >= 15 is 0 Å². The van der Waals surface area contributed by atoms with Crippen LogP contribution in [-0.4, -0.2) is 36.0 Å². The molecule has 0 saturated heterocycles. The fourth-order valence-electron chi connectivity index (χ4n) is 3.67. The molecule has 0 bridgehead atoms. The Balaban J connectivity index is 1.39. The van der Waals surface area contributed by atoms with Crippen LogP contribution < -0.4 is 25.0 Å². The zero-order valence-corrected chi connectivity index (χ0v) is 20.2. The van der Waals surface area contributed by atoms with E-state index in [-0.39, 0.29) is 50.4 Å². The number of fused-ring (bicyclic) bond motifs is 1. The molecule has 3 amide bonds. The lowest BCUT2D eigenvalue weighted by Gasteiger charge is -2.23. The van der Waals surface area contributed by atoms with Gasteiger partial charge in [-0.3, -0.25) is 14.4 Å². The third-order valence-electron chi connectivity index (χ3n) is 5.83. The van der Waals surface area contributed by atoms with Crippen molar-refractivity contribution in [3.8, 4) is 11.5 Å². The van der Waals surface area contributed by atoms with E-state index in [1.807, 2.05) is 38.1 Å². The molecule has 2 N–H and O–H groups in total. The molecule has 2 aromatic carbocycles. The molecule has 0 unspecified atom stereocenters. The van der Waals surface area contributed by atoms with Crippen molar-refractivity contribution >= 4 is 29.2 Å². The molecule has 36 heavy (non-hydrogen) atoms. The smallest absolute Gasteiger partial charge is 0.240 e. The summed E-state index contributed by atoms with van der Waals surface area (Å²) in [5.41, 5.74) is 3.53. The first-order valence-electron chi connectivity index (χ1n) is 11.6. The number of aromatic nitrogens is 1. The number of benzene rings is 2. The van der Waals surface area contributed by atoms with Crippen LogP contribution >= 0.6 is 0 Å². The Morgan fingerprint density at radius 1 is 0.917 bits per heavy atom. The Labute approximate surface area is 209 Å². The summed E-state index contributed by atoms with van der Waals surface area (Å²) in [5, 5.41) is 5.52. The number of ether oxygens (including phenoxy) is 2. The molecule has 0 radical (unpaired) electrons. The third kappa shape index (κ3) is 6.38. The number of amides is 3. The van der Waals surface area contributed by atoms with Gasteiger partial charge in [0.15, 0.2) is 11.5 Å². The van der Waals surface area contributed by atoms with Crippen molar-refractivity contribution in [2.45, 2.75) is 33.2 Å². The number of nitrogens with zero attached hydrogens (tertiary/aromatic N) is 2. The van der Waals surface area contributed by atoms with E-state index in [0.29, 0.717) is 23.0 Å². The fourth-order valence-corrected chi connectivity index (χ4v) is 3.67. The Morgan fingerprint density at radius 2 is 1.75 bits per heavy atom. The fraction of sp³-hybridized carbons (Fsp3) is 0.259. The topological polar surface area (TPSA) is 110 Å². The largest absolute Gasteiger partial charge is 0.454 e. The van der Waals surface area contributed by atoms with Gasteiger partial charge in [0.2, 0.25) is 24.5 Å². The summed E-state index contributed by atoms with van der Waals surface area (Å²) in [6.45, 7) is 4.20. The molecule has 1 aliphatic heterocycles. The lowest BCUT2D eigenvalue weighted by molar-refractivity contribution is -0.125. The van der Waals surface area contributed by atoms with Crippen LogP contribution in [0, 0.1) is 13.8 Å². The molecular weight excluding hydrogens is 460 g/mol. The normalized spacial score (nSPS) is 11.6. The van der Waals surface area contributed by atoms with Gasteiger partial charge in [0.25, 0.3) is 0 Å². The molecule has 2 heterocycles. The van der Waals surface area contributed by atoms with E-state index in [1.54, 1.807) is 36.5 Å². The number of carbonyl (C=O) groups excluding carboxylic acids is 3. The Bertz CT molecular complexity index is 1260. The van der Waals surface area contributed by atoms with Gasteiger partial charge in [0.05, 0.1) is 0 Å². The second-order valence-corrected chi connectivity index (χ2v) is 8.48. The quantitative estimate of drug-likeness (QED) is 0.477. The highest BCUT2D eigenvalue weighted by atomic mass is 16.7. The van der Waals surface area contributed by atoms with Gasteiger partial charge in [-0.1, -0.05) is 18.2 Å². The summed E-state index contributed by atoms with van der Waals surface area (Å²) in [6.07, 6.45) is 1.49. The zero-order chi connectivity index (χ0) is 25.5. The molecule has 186 valence electrons. The van der Waals surface area contributed by atoms with Gasteiger partial charge >= 0.3 is 0 Å². The minimum Gasteiger partial charge on any atom is -0.454 e. The number of carbonyl (C=O) groups is 3. The summed E-state index contributed by atoms with van der Waals surface area (Å²) < 4.78 is 10.7. The van der Waals surface area contributed by atoms with Gasteiger partial charge in [-0.2, -0.15) is 0 Å². The summed E-state index contributed by atoms with van der Waals surface area (Å²) in [7, 11) is 0. The van der Waals surface area contributed by atoms with Crippen molar-refractivity contribution in [1.29, 1.82) is 0 Å². The number of pyridine rings is 1. The van der Waals surface area contributed by atoms with Crippen LogP contribution in [0.3, 0.4) is 0 Å². The molecule has 9 nitrogen and oxygen atoms in total. The van der Waals surface area contributed by atoms with Crippen molar-refractivity contribution in [3.63, 3.8) is 0 Å². The predicted molar refractivity (Wildman–Crippen MR) is 135 cm³/mol. The van der Waals surface area contributed by atoms with Crippen molar-refractivity contribution in [1.82, 2.24) is 10.3 Å². The molecule has 1 aromatic heterocycles. The minimum atomic E-state index is -0.326. The highest BCUT2D eigenvalue weighted by Crippen LogP contribution is 2.32. The van der Waals surface area contributed by atoms with E-state index in [9.17, 15) is 14.4 Å². The van der Waals surface area contributed by atoms with E-state index in [2.05, 4.69) is 15.6 Å². The van der Waals surface area contributed by atoms with Gasteiger partial charge in [0, 0.05) is 31.3 Å².